The van der Waals surface area contributed by atoms with Crippen molar-refractivity contribution < 1.29 is 9.13 Å². The predicted octanol–water partition coefficient (Wildman–Crippen LogP) is 4.32. The summed E-state index contributed by atoms with van der Waals surface area (Å²) in [6.07, 6.45) is 0. The van der Waals surface area contributed by atoms with E-state index in [9.17, 15) is 4.39 Å². The molecule has 0 aromatic heterocycles. The van der Waals surface area contributed by atoms with Crippen LogP contribution in [0.4, 0.5) is 4.39 Å². The van der Waals surface area contributed by atoms with Gasteiger partial charge in [-0.05, 0) is 56.9 Å². The van der Waals surface area contributed by atoms with E-state index in [4.69, 9.17) is 4.74 Å². The predicted molar refractivity (Wildman–Crippen MR) is 84.6 cm³/mol. The standard InChI is InChI=1S/C17H17BrFNO/c1-2-20-17(12-5-6-15(18)16(19)8-12)11-3-4-13-9-21-10-14(13)7-11/h3-8,17,20H,2,9-10H2,1H3. The summed E-state index contributed by atoms with van der Waals surface area (Å²) in [5, 5.41) is 3.43. The van der Waals surface area contributed by atoms with E-state index in [-0.39, 0.29) is 11.9 Å². The Labute approximate surface area is 132 Å². The Morgan fingerprint density at radius 3 is 2.62 bits per heavy atom. The number of hydrogen-bond acceptors (Lipinski definition) is 2. The van der Waals surface area contributed by atoms with Gasteiger partial charge in [0.15, 0.2) is 0 Å². The highest BCUT2D eigenvalue weighted by Gasteiger charge is 2.18. The SMILES string of the molecule is CCNC(c1ccc(Br)c(F)c1)c1ccc2c(c1)COC2. The van der Waals surface area contributed by atoms with Gasteiger partial charge in [0, 0.05) is 0 Å². The van der Waals surface area contributed by atoms with Crippen LogP contribution in [0.25, 0.3) is 0 Å². The highest BCUT2D eigenvalue weighted by molar-refractivity contribution is 9.10. The molecule has 1 heterocycles. The molecule has 0 bridgehead atoms. The van der Waals surface area contributed by atoms with Crippen LogP contribution >= 0.6 is 15.9 Å². The molecule has 0 saturated heterocycles. The lowest BCUT2D eigenvalue weighted by Crippen LogP contribution is -2.22. The largest absolute Gasteiger partial charge is 0.372 e. The van der Waals surface area contributed by atoms with Crippen LogP contribution in [-0.2, 0) is 18.0 Å². The van der Waals surface area contributed by atoms with Crippen molar-refractivity contribution in [2.24, 2.45) is 0 Å². The molecule has 0 radical (unpaired) electrons. The van der Waals surface area contributed by atoms with Gasteiger partial charge >= 0.3 is 0 Å². The number of rotatable bonds is 4. The summed E-state index contributed by atoms with van der Waals surface area (Å²) >= 11 is 3.20. The molecule has 110 valence electrons. The van der Waals surface area contributed by atoms with Crippen molar-refractivity contribution in [3.63, 3.8) is 0 Å². The maximum atomic E-state index is 13.8. The Balaban J connectivity index is 1.99. The number of hydrogen-bond donors (Lipinski definition) is 1. The summed E-state index contributed by atoms with van der Waals surface area (Å²) in [6.45, 7) is 4.22. The van der Waals surface area contributed by atoms with E-state index in [0.717, 1.165) is 17.7 Å². The Hall–Kier alpha value is -1.23. The van der Waals surface area contributed by atoms with Gasteiger partial charge in [0.1, 0.15) is 5.82 Å². The third-order valence-corrected chi connectivity index (χ3v) is 4.41. The smallest absolute Gasteiger partial charge is 0.137 e. The lowest BCUT2D eigenvalue weighted by atomic mass is 9.95. The molecule has 4 heteroatoms. The van der Waals surface area contributed by atoms with Crippen LogP contribution < -0.4 is 5.32 Å². The summed E-state index contributed by atoms with van der Waals surface area (Å²) in [5.74, 6) is -0.236. The quantitative estimate of drug-likeness (QED) is 0.887. The molecule has 2 aromatic carbocycles. The van der Waals surface area contributed by atoms with Gasteiger partial charge in [-0.25, -0.2) is 4.39 Å². The van der Waals surface area contributed by atoms with Gasteiger partial charge in [0.05, 0.1) is 23.7 Å². The van der Waals surface area contributed by atoms with Crippen molar-refractivity contribution >= 4 is 15.9 Å². The molecule has 2 nitrogen and oxygen atoms in total. The van der Waals surface area contributed by atoms with Crippen LogP contribution in [0.3, 0.4) is 0 Å². The zero-order chi connectivity index (χ0) is 14.8. The topological polar surface area (TPSA) is 21.3 Å². The molecule has 1 aliphatic heterocycles. The fourth-order valence-corrected chi connectivity index (χ4v) is 2.94. The van der Waals surface area contributed by atoms with Gasteiger partial charge in [-0.2, -0.15) is 0 Å². The van der Waals surface area contributed by atoms with Gasteiger partial charge in [0.2, 0.25) is 0 Å². The summed E-state index contributed by atoms with van der Waals surface area (Å²) in [6, 6.07) is 11.6. The summed E-state index contributed by atoms with van der Waals surface area (Å²) in [4.78, 5) is 0. The van der Waals surface area contributed by atoms with Gasteiger partial charge in [-0.3, -0.25) is 0 Å². The molecule has 1 aliphatic rings. The molecule has 1 atom stereocenters. The molecule has 2 aromatic rings. The van der Waals surface area contributed by atoms with Crippen LogP contribution in [0.2, 0.25) is 0 Å². The van der Waals surface area contributed by atoms with Crippen LogP contribution in [0.5, 0.6) is 0 Å². The lowest BCUT2D eigenvalue weighted by Gasteiger charge is -2.20. The molecule has 0 fully saturated rings. The van der Waals surface area contributed by atoms with Crippen molar-refractivity contribution in [1.82, 2.24) is 5.32 Å². The maximum absolute atomic E-state index is 13.8. The van der Waals surface area contributed by atoms with E-state index in [1.165, 1.54) is 11.1 Å². The Morgan fingerprint density at radius 1 is 1.14 bits per heavy atom. The Bertz CT molecular complexity index is 659. The van der Waals surface area contributed by atoms with Crippen molar-refractivity contribution in [2.45, 2.75) is 26.2 Å². The fourth-order valence-electron chi connectivity index (χ4n) is 2.70. The van der Waals surface area contributed by atoms with Crippen molar-refractivity contribution in [3.05, 3.63) is 68.9 Å². The van der Waals surface area contributed by atoms with Crippen molar-refractivity contribution in [3.8, 4) is 0 Å². The van der Waals surface area contributed by atoms with Gasteiger partial charge in [-0.1, -0.05) is 31.2 Å². The second-order valence-corrected chi connectivity index (χ2v) is 6.04. The van der Waals surface area contributed by atoms with Crippen molar-refractivity contribution in [2.75, 3.05) is 6.54 Å². The van der Waals surface area contributed by atoms with E-state index >= 15 is 0 Å². The second kappa shape index (κ2) is 6.26. The first-order valence-electron chi connectivity index (χ1n) is 7.07. The molecule has 0 aliphatic carbocycles. The number of ether oxygens (including phenoxy) is 1. The molecular weight excluding hydrogens is 333 g/mol. The average molecular weight is 350 g/mol. The molecular formula is C17H17BrFNO. The van der Waals surface area contributed by atoms with E-state index < -0.39 is 0 Å². The minimum absolute atomic E-state index is 0.0106. The Kier molecular flexibility index (Phi) is 4.38. The number of nitrogens with one attached hydrogen (secondary N) is 1. The summed E-state index contributed by atoms with van der Waals surface area (Å²) in [7, 11) is 0. The first kappa shape index (κ1) is 14.7. The second-order valence-electron chi connectivity index (χ2n) is 5.19. The lowest BCUT2D eigenvalue weighted by molar-refractivity contribution is 0.134. The number of benzene rings is 2. The van der Waals surface area contributed by atoms with Crippen molar-refractivity contribution in [1.29, 1.82) is 0 Å². The molecule has 0 amide bonds. The first-order chi connectivity index (χ1) is 10.2. The van der Waals surface area contributed by atoms with Crippen LogP contribution in [0.15, 0.2) is 40.9 Å². The monoisotopic (exact) mass is 349 g/mol. The molecule has 3 rings (SSSR count). The number of halogens is 2. The third-order valence-electron chi connectivity index (χ3n) is 3.76. The van der Waals surface area contributed by atoms with E-state index in [1.54, 1.807) is 12.1 Å². The maximum Gasteiger partial charge on any atom is 0.137 e. The van der Waals surface area contributed by atoms with Gasteiger partial charge in [-0.15, -0.1) is 0 Å². The molecule has 1 unspecified atom stereocenters. The zero-order valence-corrected chi connectivity index (χ0v) is 13.4. The zero-order valence-electron chi connectivity index (χ0n) is 11.8. The van der Waals surface area contributed by atoms with Crippen LogP contribution in [0, 0.1) is 5.82 Å². The van der Waals surface area contributed by atoms with Gasteiger partial charge < -0.3 is 10.1 Å². The molecule has 21 heavy (non-hydrogen) atoms. The minimum Gasteiger partial charge on any atom is -0.372 e. The highest BCUT2D eigenvalue weighted by Crippen LogP contribution is 2.29. The summed E-state index contributed by atoms with van der Waals surface area (Å²) < 4.78 is 19.8. The van der Waals surface area contributed by atoms with E-state index in [0.29, 0.717) is 17.7 Å². The average Bonchev–Trinajstić information content (AvgIpc) is 2.95. The van der Waals surface area contributed by atoms with Gasteiger partial charge in [0.25, 0.3) is 0 Å². The normalized spacial score (nSPS) is 15.0. The van der Waals surface area contributed by atoms with E-state index in [1.807, 2.05) is 6.07 Å². The first-order valence-corrected chi connectivity index (χ1v) is 7.86. The minimum atomic E-state index is -0.236. The molecule has 1 N–H and O–H groups in total. The molecule has 0 saturated carbocycles. The summed E-state index contributed by atoms with van der Waals surface area (Å²) in [5.41, 5.74) is 4.54. The van der Waals surface area contributed by atoms with E-state index in [2.05, 4.69) is 46.4 Å². The van der Waals surface area contributed by atoms with Crippen LogP contribution in [0.1, 0.15) is 35.2 Å². The Morgan fingerprint density at radius 2 is 1.86 bits per heavy atom. The molecule has 0 spiro atoms. The number of fused-ring (bicyclic) bond motifs is 1. The fraction of sp³-hybridized carbons (Fsp3) is 0.294. The van der Waals surface area contributed by atoms with Crippen LogP contribution in [-0.4, -0.2) is 6.54 Å². The highest BCUT2D eigenvalue weighted by atomic mass is 79.9. The third kappa shape index (κ3) is 3.03.